The summed E-state index contributed by atoms with van der Waals surface area (Å²) in [4.78, 5) is 10.8. The number of rotatable bonds is 2. The minimum atomic E-state index is -0.864. The van der Waals surface area contributed by atoms with Gasteiger partial charge in [0.25, 0.3) is 0 Å². The molecule has 0 saturated carbocycles. The zero-order valence-corrected chi connectivity index (χ0v) is 8.79. The van der Waals surface area contributed by atoms with E-state index in [1.54, 1.807) is 12.1 Å². The molecular weight excluding hydrogens is 190 g/mol. The van der Waals surface area contributed by atoms with Gasteiger partial charge in [-0.15, -0.1) is 0 Å². The summed E-state index contributed by atoms with van der Waals surface area (Å²) in [5.41, 5.74) is 2.58. The van der Waals surface area contributed by atoms with Crippen LogP contribution < -0.4 is 5.32 Å². The maximum absolute atomic E-state index is 10.8. The van der Waals surface area contributed by atoms with Crippen LogP contribution in [0.3, 0.4) is 0 Å². The molecule has 1 heterocycles. The van der Waals surface area contributed by atoms with Gasteiger partial charge in [-0.25, -0.2) is 4.79 Å². The standard InChI is InChI=1S/C12H15NO2/c1-2-8-5-9-3-4-10(12(14)15)6-11(9)13-7-8/h3-4,6,8,13H,2,5,7H2,1H3,(H,14,15). The zero-order valence-electron chi connectivity index (χ0n) is 8.79. The summed E-state index contributed by atoms with van der Waals surface area (Å²) < 4.78 is 0. The molecule has 0 fully saturated rings. The molecule has 0 aromatic heterocycles. The zero-order chi connectivity index (χ0) is 10.8. The van der Waals surface area contributed by atoms with Crippen molar-refractivity contribution < 1.29 is 9.90 Å². The van der Waals surface area contributed by atoms with Gasteiger partial charge in [-0.1, -0.05) is 19.4 Å². The van der Waals surface area contributed by atoms with Gasteiger partial charge in [0.15, 0.2) is 0 Å². The van der Waals surface area contributed by atoms with Crippen LogP contribution in [0.5, 0.6) is 0 Å². The van der Waals surface area contributed by atoms with E-state index in [0.29, 0.717) is 11.5 Å². The number of fused-ring (bicyclic) bond motifs is 1. The largest absolute Gasteiger partial charge is 0.478 e. The highest BCUT2D eigenvalue weighted by Gasteiger charge is 2.17. The Balaban J connectivity index is 2.28. The molecule has 0 radical (unpaired) electrons. The Labute approximate surface area is 89.1 Å². The van der Waals surface area contributed by atoms with Gasteiger partial charge < -0.3 is 10.4 Å². The molecule has 3 heteroatoms. The van der Waals surface area contributed by atoms with E-state index < -0.39 is 5.97 Å². The number of hydrogen-bond donors (Lipinski definition) is 2. The van der Waals surface area contributed by atoms with Crippen molar-refractivity contribution in [3.05, 3.63) is 29.3 Å². The van der Waals surface area contributed by atoms with Crippen molar-refractivity contribution in [3.8, 4) is 0 Å². The van der Waals surface area contributed by atoms with Crippen LogP contribution in [0.2, 0.25) is 0 Å². The van der Waals surface area contributed by atoms with E-state index in [9.17, 15) is 4.79 Å². The topological polar surface area (TPSA) is 49.3 Å². The molecule has 0 bridgehead atoms. The summed E-state index contributed by atoms with van der Waals surface area (Å²) in [5.74, 6) is -0.189. The normalized spacial score (nSPS) is 19.1. The monoisotopic (exact) mass is 205 g/mol. The van der Waals surface area contributed by atoms with Crippen LogP contribution >= 0.6 is 0 Å². The molecule has 1 atom stereocenters. The van der Waals surface area contributed by atoms with Crippen LogP contribution in [-0.2, 0) is 6.42 Å². The van der Waals surface area contributed by atoms with Gasteiger partial charge in [-0.05, 0) is 30.0 Å². The molecule has 15 heavy (non-hydrogen) atoms. The fourth-order valence-corrected chi connectivity index (χ4v) is 1.98. The van der Waals surface area contributed by atoms with Crippen molar-refractivity contribution in [3.63, 3.8) is 0 Å². The SMILES string of the molecule is CCC1CNc2cc(C(=O)O)ccc2C1. The number of anilines is 1. The first-order chi connectivity index (χ1) is 7.20. The van der Waals surface area contributed by atoms with Gasteiger partial charge in [0.1, 0.15) is 0 Å². The second-order valence-electron chi connectivity index (χ2n) is 4.04. The molecule has 80 valence electrons. The molecule has 1 aliphatic heterocycles. The van der Waals surface area contributed by atoms with Gasteiger partial charge in [-0.3, -0.25) is 0 Å². The average Bonchev–Trinajstić information content (AvgIpc) is 2.27. The van der Waals surface area contributed by atoms with Gasteiger partial charge in [0, 0.05) is 12.2 Å². The number of carboxylic acids is 1. The number of carbonyl (C=O) groups is 1. The maximum atomic E-state index is 10.8. The van der Waals surface area contributed by atoms with Crippen LogP contribution in [0.25, 0.3) is 0 Å². The third kappa shape index (κ3) is 1.96. The lowest BCUT2D eigenvalue weighted by Crippen LogP contribution is -2.22. The quantitative estimate of drug-likeness (QED) is 0.779. The highest BCUT2D eigenvalue weighted by molar-refractivity contribution is 5.89. The predicted octanol–water partition coefficient (Wildman–Crippen LogP) is 2.38. The minimum absolute atomic E-state index is 0.358. The summed E-state index contributed by atoms with van der Waals surface area (Å²) >= 11 is 0. The molecule has 2 N–H and O–H groups in total. The summed E-state index contributed by atoms with van der Waals surface area (Å²) in [5, 5.41) is 12.2. The van der Waals surface area contributed by atoms with E-state index >= 15 is 0 Å². The van der Waals surface area contributed by atoms with E-state index in [4.69, 9.17) is 5.11 Å². The molecular formula is C12H15NO2. The van der Waals surface area contributed by atoms with Crippen LogP contribution in [0.4, 0.5) is 5.69 Å². The van der Waals surface area contributed by atoms with Crippen molar-refractivity contribution in [1.29, 1.82) is 0 Å². The Hall–Kier alpha value is -1.51. The summed E-state index contributed by atoms with van der Waals surface area (Å²) in [6, 6.07) is 5.33. The number of benzene rings is 1. The van der Waals surface area contributed by atoms with Gasteiger partial charge in [0.2, 0.25) is 0 Å². The highest BCUT2D eigenvalue weighted by atomic mass is 16.4. The molecule has 0 spiro atoms. The molecule has 3 nitrogen and oxygen atoms in total. The molecule has 1 unspecified atom stereocenters. The van der Waals surface area contributed by atoms with Crippen molar-refractivity contribution in [1.82, 2.24) is 0 Å². The summed E-state index contributed by atoms with van der Waals surface area (Å²) in [6.07, 6.45) is 2.21. The average molecular weight is 205 g/mol. The Morgan fingerprint density at radius 2 is 2.40 bits per heavy atom. The van der Waals surface area contributed by atoms with Gasteiger partial charge >= 0.3 is 5.97 Å². The summed E-state index contributed by atoms with van der Waals surface area (Å²) in [7, 11) is 0. The summed E-state index contributed by atoms with van der Waals surface area (Å²) in [6.45, 7) is 3.13. The Kier molecular flexibility index (Phi) is 2.62. The van der Waals surface area contributed by atoms with Gasteiger partial charge in [-0.2, -0.15) is 0 Å². The van der Waals surface area contributed by atoms with Crippen LogP contribution in [0.1, 0.15) is 29.3 Å². The van der Waals surface area contributed by atoms with E-state index in [-0.39, 0.29) is 0 Å². The third-order valence-electron chi connectivity index (χ3n) is 3.02. The van der Waals surface area contributed by atoms with Crippen molar-refractivity contribution >= 4 is 11.7 Å². The van der Waals surface area contributed by atoms with E-state index in [0.717, 1.165) is 25.1 Å². The predicted molar refractivity (Wildman–Crippen MR) is 59.4 cm³/mol. The van der Waals surface area contributed by atoms with Crippen LogP contribution in [0, 0.1) is 5.92 Å². The molecule has 0 saturated heterocycles. The fraction of sp³-hybridized carbons (Fsp3) is 0.417. The second-order valence-corrected chi connectivity index (χ2v) is 4.04. The highest BCUT2D eigenvalue weighted by Crippen LogP contribution is 2.27. The first kappa shape index (κ1) is 10.0. The van der Waals surface area contributed by atoms with E-state index in [2.05, 4.69) is 12.2 Å². The van der Waals surface area contributed by atoms with E-state index in [1.165, 1.54) is 5.56 Å². The van der Waals surface area contributed by atoms with Crippen LogP contribution in [0.15, 0.2) is 18.2 Å². The molecule has 1 aliphatic rings. The Morgan fingerprint density at radius 3 is 3.07 bits per heavy atom. The molecule has 0 aliphatic carbocycles. The minimum Gasteiger partial charge on any atom is -0.478 e. The van der Waals surface area contributed by atoms with Crippen molar-refractivity contribution in [2.45, 2.75) is 19.8 Å². The Morgan fingerprint density at radius 1 is 1.60 bits per heavy atom. The number of aromatic carboxylic acids is 1. The lowest BCUT2D eigenvalue weighted by molar-refractivity contribution is 0.0697. The Bertz CT molecular complexity index is 387. The first-order valence-electron chi connectivity index (χ1n) is 5.30. The van der Waals surface area contributed by atoms with Gasteiger partial charge in [0.05, 0.1) is 5.56 Å². The molecule has 0 amide bonds. The smallest absolute Gasteiger partial charge is 0.335 e. The lowest BCUT2D eigenvalue weighted by atomic mass is 9.91. The van der Waals surface area contributed by atoms with Crippen molar-refractivity contribution in [2.24, 2.45) is 5.92 Å². The first-order valence-corrected chi connectivity index (χ1v) is 5.30. The number of hydrogen-bond acceptors (Lipinski definition) is 2. The second kappa shape index (κ2) is 3.93. The number of nitrogens with one attached hydrogen (secondary N) is 1. The lowest BCUT2D eigenvalue weighted by Gasteiger charge is -2.25. The van der Waals surface area contributed by atoms with Crippen molar-refractivity contribution in [2.75, 3.05) is 11.9 Å². The third-order valence-corrected chi connectivity index (χ3v) is 3.02. The number of carboxylic acid groups (broad SMARTS) is 1. The van der Waals surface area contributed by atoms with Crippen LogP contribution in [-0.4, -0.2) is 17.6 Å². The van der Waals surface area contributed by atoms with E-state index in [1.807, 2.05) is 6.07 Å². The molecule has 2 rings (SSSR count). The molecule has 1 aromatic rings. The fourth-order valence-electron chi connectivity index (χ4n) is 1.98. The maximum Gasteiger partial charge on any atom is 0.335 e. The molecule has 1 aromatic carbocycles.